The molecule has 4 rings (SSSR count). The molecule has 0 saturated carbocycles. The van der Waals surface area contributed by atoms with Crippen LogP contribution in [-0.4, -0.2) is 14.6 Å². The van der Waals surface area contributed by atoms with Crippen LogP contribution in [0.25, 0.3) is 16.8 Å². The Morgan fingerprint density at radius 2 is 1.77 bits per heavy atom. The number of benzene rings is 2. The summed E-state index contributed by atoms with van der Waals surface area (Å²) < 4.78 is 1.86. The first-order chi connectivity index (χ1) is 12.6. The van der Waals surface area contributed by atoms with Gasteiger partial charge in [-0.25, -0.2) is 4.98 Å². The van der Waals surface area contributed by atoms with Crippen molar-refractivity contribution in [1.29, 1.82) is 0 Å². The van der Waals surface area contributed by atoms with Crippen molar-refractivity contribution in [3.05, 3.63) is 83.1 Å². The zero-order chi connectivity index (χ0) is 18.1. The molecule has 0 spiro atoms. The molecule has 0 saturated heterocycles. The van der Waals surface area contributed by atoms with E-state index in [4.69, 9.17) is 16.6 Å². The van der Waals surface area contributed by atoms with Crippen molar-refractivity contribution < 1.29 is 0 Å². The first-order valence-electron chi connectivity index (χ1n) is 8.54. The van der Waals surface area contributed by atoms with Crippen molar-refractivity contribution in [1.82, 2.24) is 14.6 Å². The molecule has 5 heteroatoms. The summed E-state index contributed by atoms with van der Waals surface area (Å²) >= 11 is 6.01. The van der Waals surface area contributed by atoms with E-state index in [0.29, 0.717) is 5.02 Å². The van der Waals surface area contributed by atoms with E-state index in [0.717, 1.165) is 28.3 Å². The predicted octanol–water partition coefficient (Wildman–Crippen LogP) is 5.53. The van der Waals surface area contributed by atoms with E-state index >= 15 is 0 Å². The Labute approximate surface area is 157 Å². The molecule has 0 fully saturated rings. The lowest BCUT2D eigenvalue weighted by Crippen LogP contribution is -2.11. The second kappa shape index (κ2) is 6.81. The minimum atomic E-state index is 0.157. The topological polar surface area (TPSA) is 42.2 Å². The summed E-state index contributed by atoms with van der Waals surface area (Å²) in [5.74, 6) is 0.920. The molecular weight excluding hydrogens is 344 g/mol. The fourth-order valence-electron chi connectivity index (χ4n) is 3.07. The van der Waals surface area contributed by atoms with Crippen molar-refractivity contribution in [2.75, 3.05) is 5.32 Å². The molecule has 0 bridgehead atoms. The number of anilines is 1. The SMILES string of the molecule is Cc1cc(N[C@@H](C)c2ccccc2)n2ncc(-c3ccc(Cl)cc3)c2n1. The van der Waals surface area contributed by atoms with E-state index in [1.807, 2.05) is 66.2 Å². The molecule has 4 nitrogen and oxygen atoms in total. The number of nitrogens with one attached hydrogen (secondary N) is 1. The fraction of sp³-hybridized carbons (Fsp3) is 0.143. The number of aromatic nitrogens is 3. The molecule has 1 atom stereocenters. The predicted molar refractivity (Wildman–Crippen MR) is 107 cm³/mol. The number of hydrogen-bond acceptors (Lipinski definition) is 3. The quantitative estimate of drug-likeness (QED) is 0.519. The number of aryl methyl sites for hydroxylation is 1. The van der Waals surface area contributed by atoms with Crippen LogP contribution < -0.4 is 5.32 Å². The molecule has 130 valence electrons. The summed E-state index contributed by atoms with van der Waals surface area (Å²) in [5.41, 5.74) is 5.02. The molecule has 1 N–H and O–H groups in total. The van der Waals surface area contributed by atoms with Gasteiger partial charge in [0.1, 0.15) is 5.82 Å². The maximum absolute atomic E-state index is 6.01. The summed E-state index contributed by atoms with van der Waals surface area (Å²) in [6.45, 7) is 4.14. The van der Waals surface area contributed by atoms with Gasteiger partial charge in [-0.2, -0.15) is 9.61 Å². The molecule has 4 aromatic rings. The molecule has 0 aliphatic carbocycles. The van der Waals surface area contributed by atoms with Gasteiger partial charge in [0.15, 0.2) is 5.65 Å². The standard InChI is InChI=1S/C21H19ClN4/c1-14-12-20(25-15(2)16-6-4-3-5-7-16)26-21(24-14)19(13-23-26)17-8-10-18(22)11-9-17/h3-13,15,25H,1-2H3/t15-/m0/s1. The van der Waals surface area contributed by atoms with Crippen molar-refractivity contribution in [3.63, 3.8) is 0 Å². The normalized spacial score (nSPS) is 12.3. The summed E-state index contributed by atoms with van der Waals surface area (Å²) in [7, 11) is 0. The molecule has 26 heavy (non-hydrogen) atoms. The van der Waals surface area contributed by atoms with E-state index in [1.54, 1.807) is 0 Å². The smallest absolute Gasteiger partial charge is 0.165 e. The van der Waals surface area contributed by atoms with E-state index in [-0.39, 0.29) is 6.04 Å². The van der Waals surface area contributed by atoms with Crippen LogP contribution in [0.1, 0.15) is 24.2 Å². The monoisotopic (exact) mass is 362 g/mol. The van der Waals surface area contributed by atoms with Crippen LogP contribution in [0.15, 0.2) is 66.9 Å². The number of nitrogens with zero attached hydrogens (tertiary/aromatic N) is 3. The van der Waals surface area contributed by atoms with Gasteiger partial charge in [0, 0.05) is 28.4 Å². The average Bonchev–Trinajstić information content (AvgIpc) is 3.07. The van der Waals surface area contributed by atoms with E-state index in [2.05, 4.69) is 29.5 Å². The van der Waals surface area contributed by atoms with Gasteiger partial charge in [-0.1, -0.05) is 54.1 Å². The molecule has 2 aromatic heterocycles. The average molecular weight is 363 g/mol. The molecule has 0 radical (unpaired) electrons. The lowest BCUT2D eigenvalue weighted by Gasteiger charge is -2.17. The van der Waals surface area contributed by atoms with Gasteiger partial charge >= 0.3 is 0 Å². The molecule has 2 aromatic carbocycles. The lowest BCUT2D eigenvalue weighted by atomic mass is 10.1. The van der Waals surface area contributed by atoms with Crippen LogP contribution in [0.4, 0.5) is 5.82 Å². The van der Waals surface area contributed by atoms with Gasteiger partial charge in [0.25, 0.3) is 0 Å². The molecule has 0 amide bonds. The number of rotatable bonds is 4. The van der Waals surface area contributed by atoms with Gasteiger partial charge in [-0.15, -0.1) is 0 Å². The van der Waals surface area contributed by atoms with Crippen molar-refractivity contribution in [3.8, 4) is 11.1 Å². The highest BCUT2D eigenvalue weighted by molar-refractivity contribution is 6.30. The number of halogens is 1. The molecule has 0 unspecified atom stereocenters. The molecule has 0 aliphatic rings. The van der Waals surface area contributed by atoms with Crippen molar-refractivity contribution in [2.45, 2.75) is 19.9 Å². The third-order valence-electron chi connectivity index (χ3n) is 4.42. The lowest BCUT2D eigenvalue weighted by molar-refractivity contribution is 0.838. The van der Waals surface area contributed by atoms with Crippen LogP contribution in [0.5, 0.6) is 0 Å². The fourth-order valence-corrected chi connectivity index (χ4v) is 3.19. The third kappa shape index (κ3) is 3.16. The van der Waals surface area contributed by atoms with Gasteiger partial charge in [-0.05, 0) is 37.1 Å². The highest BCUT2D eigenvalue weighted by atomic mass is 35.5. The largest absolute Gasteiger partial charge is 0.363 e. The van der Waals surface area contributed by atoms with Crippen molar-refractivity contribution in [2.24, 2.45) is 0 Å². The summed E-state index contributed by atoms with van der Waals surface area (Å²) in [6, 6.07) is 20.3. The van der Waals surface area contributed by atoms with Crippen LogP contribution in [0.2, 0.25) is 5.02 Å². The van der Waals surface area contributed by atoms with Crippen LogP contribution in [0, 0.1) is 6.92 Å². The number of fused-ring (bicyclic) bond motifs is 1. The van der Waals surface area contributed by atoms with E-state index in [1.165, 1.54) is 5.56 Å². The maximum Gasteiger partial charge on any atom is 0.165 e. The van der Waals surface area contributed by atoms with Gasteiger partial charge < -0.3 is 5.32 Å². The van der Waals surface area contributed by atoms with Crippen molar-refractivity contribution >= 4 is 23.1 Å². The molecular formula is C21H19ClN4. The second-order valence-corrected chi connectivity index (χ2v) is 6.80. The van der Waals surface area contributed by atoms with E-state index < -0.39 is 0 Å². The van der Waals surface area contributed by atoms with Crippen LogP contribution >= 0.6 is 11.6 Å². The second-order valence-electron chi connectivity index (χ2n) is 6.36. The van der Waals surface area contributed by atoms with Crippen LogP contribution in [0.3, 0.4) is 0 Å². The highest BCUT2D eigenvalue weighted by Gasteiger charge is 2.14. The van der Waals surface area contributed by atoms with Gasteiger partial charge in [0.05, 0.1) is 6.20 Å². The highest BCUT2D eigenvalue weighted by Crippen LogP contribution is 2.28. The minimum absolute atomic E-state index is 0.157. The van der Waals surface area contributed by atoms with E-state index in [9.17, 15) is 0 Å². The Morgan fingerprint density at radius 1 is 1.04 bits per heavy atom. The Kier molecular flexibility index (Phi) is 4.35. The first kappa shape index (κ1) is 16.6. The Morgan fingerprint density at radius 3 is 2.50 bits per heavy atom. The summed E-state index contributed by atoms with van der Waals surface area (Å²) in [5, 5.41) is 8.84. The summed E-state index contributed by atoms with van der Waals surface area (Å²) in [6.07, 6.45) is 1.85. The first-order valence-corrected chi connectivity index (χ1v) is 8.92. The maximum atomic E-state index is 6.01. The zero-order valence-electron chi connectivity index (χ0n) is 14.6. The van der Waals surface area contributed by atoms with Gasteiger partial charge in [-0.3, -0.25) is 0 Å². The van der Waals surface area contributed by atoms with Crippen LogP contribution in [-0.2, 0) is 0 Å². The minimum Gasteiger partial charge on any atom is -0.363 e. The Bertz CT molecular complexity index is 1040. The Hall–Kier alpha value is -2.85. The third-order valence-corrected chi connectivity index (χ3v) is 4.67. The van der Waals surface area contributed by atoms with Gasteiger partial charge in [0.2, 0.25) is 0 Å². The molecule has 0 aliphatic heterocycles. The Balaban J connectivity index is 1.75. The number of hydrogen-bond donors (Lipinski definition) is 1. The summed E-state index contributed by atoms with van der Waals surface area (Å²) in [4.78, 5) is 4.70. The zero-order valence-corrected chi connectivity index (χ0v) is 15.4. The molecule has 2 heterocycles.